The van der Waals surface area contributed by atoms with Crippen molar-refractivity contribution >= 4 is 28.8 Å². The minimum Gasteiger partial charge on any atom is -0.468 e. The fraction of sp³-hybridized carbons (Fsp3) is 0.273. The molecule has 1 aromatic carbocycles. The van der Waals surface area contributed by atoms with Gasteiger partial charge in [0.2, 0.25) is 0 Å². The van der Waals surface area contributed by atoms with E-state index in [4.69, 9.17) is 4.42 Å². The third kappa shape index (κ3) is 2.36. The molecule has 0 aliphatic carbocycles. The van der Waals surface area contributed by atoms with Gasteiger partial charge in [0.25, 0.3) is 5.22 Å². The zero-order valence-electron chi connectivity index (χ0n) is 9.02. The van der Waals surface area contributed by atoms with Crippen LogP contribution >= 0.6 is 11.8 Å². The van der Waals surface area contributed by atoms with E-state index in [1.807, 2.05) is 25.1 Å². The smallest absolute Gasteiger partial charge is 0.316 e. The highest BCUT2D eigenvalue weighted by atomic mass is 32.2. The summed E-state index contributed by atoms with van der Waals surface area (Å²) in [5.41, 5.74) is 2.67. The molecule has 0 saturated carbocycles. The zero-order valence-corrected chi connectivity index (χ0v) is 9.84. The SMILES string of the molecule is COC(=O)CSc1nc2ccc(C)cc2o1. The second-order valence-corrected chi connectivity index (χ2v) is 4.24. The van der Waals surface area contributed by atoms with E-state index in [0.29, 0.717) is 5.22 Å². The number of oxazole rings is 1. The number of benzene rings is 1. The Morgan fingerprint density at radius 2 is 2.38 bits per heavy atom. The first kappa shape index (κ1) is 11.0. The zero-order chi connectivity index (χ0) is 11.5. The Bertz CT molecular complexity index is 521. The lowest BCUT2D eigenvalue weighted by Gasteiger charge is -1.94. The minimum absolute atomic E-state index is 0.211. The second-order valence-electron chi connectivity index (χ2n) is 3.32. The van der Waals surface area contributed by atoms with Gasteiger partial charge in [-0.2, -0.15) is 0 Å². The summed E-state index contributed by atoms with van der Waals surface area (Å²) in [5, 5.41) is 0.492. The van der Waals surface area contributed by atoms with Gasteiger partial charge >= 0.3 is 5.97 Å². The topological polar surface area (TPSA) is 52.3 Å². The van der Waals surface area contributed by atoms with Crippen molar-refractivity contribution in [1.82, 2.24) is 4.98 Å². The van der Waals surface area contributed by atoms with Crippen molar-refractivity contribution < 1.29 is 13.9 Å². The van der Waals surface area contributed by atoms with E-state index in [1.54, 1.807) is 0 Å². The lowest BCUT2D eigenvalue weighted by Crippen LogP contribution is -2.02. The van der Waals surface area contributed by atoms with Gasteiger partial charge < -0.3 is 9.15 Å². The number of fused-ring (bicyclic) bond motifs is 1. The van der Waals surface area contributed by atoms with Gasteiger partial charge in [-0.25, -0.2) is 4.98 Å². The number of methoxy groups -OCH3 is 1. The van der Waals surface area contributed by atoms with Crippen molar-refractivity contribution in [2.45, 2.75) is 12.1 Å². The van der Waals surface area contributed by atoms with Crippen molar-refractivity contribution in [2.75, 3.05) is 12.9 Å². The van der Waals surface area contributed by atoms with Crippen LogP contribution in [0.1, 0.15) is 5.56 Å². The molecule has 0 fully saturated rings. The largest absolute Gasteiger partial charge is 0.468 e. The molecular formula is C11H11NO3S. The van der Waals surface area contributed by atoms with Crippen molar-refractivity contribution in [3.05, 3.63) is 23.8 Å². The summed E-state index contributed by atoms with van der Waals surface area (Å²) in [6.45, 7) is 1.99. The summed E-state index contributed by atoms with van der Waals surface area (Å²) in [4.78, 5) is 15.2. The van der Waals surface area contributed by atoms with Gasteiger partial charge in [0.05, 0.1) is 7.11 Å². The Morgan fingerprint density at radius 1 is 1.56 bits per heavy atom. The summed E-state index contributed by atoms with van der Waals surface area (Å²) in [7, 11) is 1.36. The summed E-state index contributed by atoms with van der Waals surface area (Å²) in [6.07, 6.45) is 0. The van der Waals surface area contributed by atoms with Crippen molar-refractivity contribution in [3.63, 3.8) is 0 Å². The maximum Gasteiger partial charge on any atom is 0.316 e. The third-order valence-electron chi connectivity index (χ3n) is 2.07. The number of carbonyl (C=O) groups excluding carboxylic acids is 1. The molecule has 1 heterocycles. The number of hydrogen-bond acceptors (Lipinski definition) is 5. The average molecular weight is 237 g/mol. The van der Waals surface area contributed by atoms with Gasteiger partial charge in [0.1, 0.15) is 11.3 Å². The van der Waals surface area contributed by atoms with E-state index in [-0.39, 0.29) is 11.7 Å². The molecule has 5 heteroatoms. The summed E-state index contributed by atoms with van der Waals surface area (Å²) < 4.78 is 10.0. The summed E-state index contributed by atoms with van der Waals surface area (Å²) in [6, 6.07) is 5.79. The molecule has 0 atom stereocenters. The Hall–Kier alpha value is -1.49. The first-order valence-corrected chi connectivity index (χ1v) is 5.74. The van der Waals surface area contributed by atoms with Crippen LogP contribution in [0.25, 0.3) is 11.1 Å². The first-order chi connectivity index (χ1) is 7.69. The fourth-order valence-electron chi connectivity index (χ4n) is 1.25. The standard InChI is InChI=1S/C11H11NO3S/c1-7-3-4-8-9(5-7)15-11(12-8)16-6-10(13)14-2/h3-5H,6H2,1-2H3. The van der Waals surface area contributed by atoms with Crippen LogP contribution in [0.4, 0.5) is 0 Å². The molecule has 0 amide bonds. The first-order valence-electron chi connectivity index (χ1n) is 4.76. The number of nitrogens with zero attached hydrogens (tertiary/aromatic N) is 1. The molecule has 0 unspecified atom stereocenters. The monoisotopic (exact) mass is 237 g/mol. The number of ether oxygens (including phenoxy) is 1. The van der Waals surface area contributed by atoms with Gasteiger partial charge in [-0.1, -0.05) is 17.8 Å². The number of esters is 1. The average Bonchev–Trinajstić information content (AvgIpc) is 2.67. The molecule has 2 aromatic rings. The summed E-state index contributed by atoms with van der Waals surface area (Å²) >= 11 is 1.23. The van der Waals surface area contributed by atoms with Crippen LogP contribution in [0.15, 0.2) is 27.8 Å². The Balaban J connectivity index is 2.16. The molecule has 0 bridgehead atoms. The molecule has 16 heavy (non-hydrogen) atoms. The van der Waals surface area contributed by atoms with Crippen LogP contribution in [0, 0.1) is 6.92 Å². The van der Waals surface area contributed by atoms with Gasteiger partial charge in [-0.05, 0) is 24.6 Å². The minimum atomic E-state index is -0.288. The second kappa shape index (κ2) is 4.57. The molecule has 2 rings (SSSR count). The summed E-state index contributed by atoms with van der Waals surface area (Å²) in [5.74, 6) is -0.0779. The van der Waals surface area contributed by atoms with E-state index in [1.165, 1.54) is 18.9 Å². The molecule has 0 aliphatic rings. The molecule has 84 valence electrons. The Morgan fingerprint density at radius 3 is 3.12 bits per heavy atom. The van der Waals surface area contributed by atoms with Crippen LogP contribution in [-0.2, 0) is 9.53 Å². The number of thioether (sulfide) groups is 1. The number of aryl methyl sites for hydroxylation is 1. The van der Waals surface area contributed by atoms with Crippen LogP contribution in [0.5, 0.6) is 0 Å². The van der Waals surface area contributed by atoms with E-state index >= 15 is 0 Å². The van der Waals surface area contributed by atoms with Gasteiger partial charge in [-0.3, -0.25) is 4.79 Å². The number of hydrogen-bond donors (Lipinski definition) is 0. The van der Waals surface area contributed by atoms with Crippen molar-refractivity contribution in [3.8, 4) is 0 Å². The number of rotatable bonds is 3. The molecule has 0 radical (unpaired) electrons. The van der Waals surface area contributed by atoms with E-state index < -0.39 is 0 Å². The number of carbonyl (C=O) groups is 1. The highest BCUT2D eigenvalue weighted by molar-refractivity contribution is 7.99. The Kier molecular flexibility index (Phi) is 3.14. The lowest BCUT2D eigenvalue weighted by molar-refractivity contribution is -0.137. The van der Waals surface area contributed by atoms with Crippen LogP contribution in [0.3, 0.4) is 0 Å². The van der Waals surface area contributed by atoms with Crippen LogP contribution < -0.4 is 0 Å². The van der Waals surface area contributed by atoms with E-state index in [9.17, 15) is 4.79 Å². The van der Waals surface area contributed by atoms with Crippen molar-refractivity contribution in [1.29, 1.82) is 0 Å². The molecule has 0 N–H and O–H groups in total. The van der Waals surface area contributed by atoms with Gasteiger partial charge in [0, 0.05) is 0 Å². The molecule has 0 aliphatic heterocycles. The quantitative estimate of drug-likeness (QED) is 0.606. The molecule has 0 saturated heterocycles. The third-order valence-corrected chi connectivity index (χ3v) is 2.87. The molecular weight excluding hydrogens is 226 g/mol. The van der Waals surface area contributed by atoms with E-state index in [2.05, 4.69) is 9.72 Å². The van der Waals surface area contributed by atoms with Gasteiger partial charge in [0.15, 0.2) is 5.58 Å². The normalized spacial score (nSPS) is 10.6. The Labute approximate surface area is 97.0 Å². The van der Waals surface area contributed by atoms with E-state index in [0.717, 1.165) is 16.7 Å². The van der Waals surface area contributed by atoms with Crippen LogP contribution in [-0.4, -0.2) is 23.8 Å². The predicted octanol–water partition coefficient (Wildman–Crippen LogP) is 2.40. The fourth-order valence-corrected chi connectivity index (χ4v) is 1.92. The highest BCUT2D eigenvalue weighted by Gasteiger charge is 2.09. The molecule has 1 aromatic heterocycles. The maximum absolute atomic E-state index is 10.9. The van der Waals surface area contributed by atoms with Gasteiger partial charge in [-0.15, -0.1) is 0 Å². The predicted molar refractivity (Wildman–Crippen MR) is 61.5 cm³/mol. The van der Waals surface area contributed by atoms with Crippen molar-refractivity contribution in [2.24, 2.45) is 0 Å². The maximum atomic E-state index is 10.9. The van der Waals surface area contributed by atoms with Crippen LogP contribution in [0.2, 0.25) is 0 Å². The molecule has 4 nitrogen and oxygen atoms in total. The lowest BCUT2D eigenvalue weighted by atomic mass is 10.2. The highest BCUT2D eigenvalue weighted by Crippen LogP contribution is 2.23. The molecule has 0 spiro atoms. The number of aromatic nitrogens is 1.